The van der Waals surface area contributed by atoms with E-state index in [4.69, 9.17) is 4.74 Å². The van der Waals surface area contributed by atoms with Crippen molar-refractivity contribution in [2.45, 2.75) is 57.2 Å². The average Bonchev–Trinajstić information content (AvgIpc) is 2.73. The molecule has 1 saturated carbocycles. The Labute approximate surface area is 158 Å². The molecule has 0 aromatic heterocycles. The number of methoxy groups -OCH3 is 1. The Morgan fingerprint density at radius 2 is 1.65 bits per heavy atom. The number of anilines is 1. The zero-order chi connectivity index (χ0) is 18.4. The second-order valence-corrected chi connectivity index (χ2v) is 7.29. The van der Waals surface area contributed by atoms with Crippen molar-refractivity contribution in [3.8, 4) is 5.75 Å². The maximum atomic E-state index is 5.66. The van der Waals surface area contributed by atoms with Crippen LogP contribution >= 0.6 is 0 Å². The van der Waals surface area contributed by atoms with Gasteiger partial charge in [-0.25, -0.2) is 0 Å². The maximum Gasteiger partial charge on any atom is 0.142 e. The molecule has 140 valence electrons. The minimum Gasteiger partial charge on any atom is -0.495 e. The topological polar surface area (TPSA) is 24.5 Å². The van der Waals surface area contributed by atoms with E-state index in [9.17, 15) is 0 Å². The summed E-state index contributed by atoms with van der Waals surface area (Å²) in [4.78, 5) is 2.37. The molecule has 0 amide bonds. The Bertz CT molecular complexity index is 682. The molecule has 0 radical (unpaired) electrons. The largest absolute Gasteiger partial charge is 0.495 e. The van der Waals surface area contributed by atoms with Gasteiger partial charge in [-0.2, -0.15) is 0 Å². The number of para-hydroxylation sites is 2. The van der Waals surface area contributed by atoms with Crippen molar-refractivity contribution in [2.75, 3.05) is 19.1 Å². The van der Waals surface area contributed by atoms with Crippen LogP contribution in [0, 0.1) is 0 Å². The Kier molecular flexibility index (Phi) is 6.20. The van der Waals surface area contributed by atoms with E-state index in [1.54, 1.807) is 7.11 Å². The molecular weight excluding hydrogens is 320 g/mol. The quantitative estimate of drug-likeness (QED) is 0.683. The molecule has 1 aliphatic rings. The first kappa shape index (κ1) is 18.8. The molecule has 0 bridgehead atoms. The number of ether oxygens (including phenoxy) is 1. The standard InChI is InChI=1S/C23H32N2O/c1-4-23(19-13-7-5-8-14-19,24-20-15-9-6-10-16-20)25(2)21-17-11-12-18-22(21)26-3/h5,7-8,11-14,17-18,20,24H,4,6,9-10,15-16H2,1-3H3/t23-/m1/s1. The number of nitrogens with one attached hydrogen (secondary N) is 1. The van der Waals surface area contributed by atoms with E-state index in [-0.39, 0.29) is 5.66 Å². The van der Waals surface area contributed by atoms with Gasteiger partial charge in [0.25, 0.3) is 0 Å². The van der Waals surface area contributed by atoms with Crippen LogP contribution in [0.15, 0.2) is 54.6 Å². The highest BCUT2D eigenvalue weighted by atomic mass is 16.5. The van der Waals surface area contributed by atoms with E-state index < -0.39 is 0 Å². The van der Waals surface area contributed by atoms with Gasteiger partial charge < -0.3 is 9.64 Å². The summed E-state index contributed by atoms with van der Waals surface area (Å²) < 4.78 is 5.66. The smallest absolute Gasteiger partial charge is 0.142 e. The number of hydrogen-bond acceptors (Lipinski definition) is 3. The summed E-state index contributed by atoms with van der Waals surface area (Å²) in [6.07, 6.45) is 7.50. The molecule has 0 spiro atoms. The van der Waals surface area contributed by atoms with Crippen molar-refractivity contribution in [1.29, 1.82) is 0 Å². The summed E-state index contributed by atoms with van der Waals surface area (Å²) in [6.45, 7) is 2.27. The summed E-state index contributed by atoms with van der Waals surface area (Å²) in [5.41, 5.74) is 2.17. The molecule has 26 heavy (non-hydrogen) atoms. The normalized spacial score (nSPS) is 17.5. The van der Waals surface area contributed by atoms with Crippen LogP contribution in [0.25, 0.3) is 0 Å². The summed E-state index contributed by atoms with van der Waals surface area (Å²) in [5, 5.41) is 4.06. The number of rotatable bonds is 7. The zero-order valence-corrected chi connectivity index (χ0v) is 16.4. The molecule has 3 heteroatoms. The van der Waals surface area contributed by atoms with Crippen molar-refractivity contribution in [1.82, 2.24) is 5.32 Å². The highest BCUT2D eigenvalue weighted by Crippen LogP contribution is 2.38. The van der Waals surface area contributed by atoms with Gasteiger partial charge in [-0.15, -0.1) is 0 Å². The first-order valence-corrected chi connectivity index (χ1v) is 9.91. The Hall–Kier alpha value is -2.00. The summed E-state index contributed by atoms with van der Waals surface area (Å²) >= 11 is 0. The third-order valence-electron chi connectivity index (χ3n) is 5.83. The molecule has 1 aliphatic carbocycles. The van der Waals surface area contributed by atoms with E-state index in [0.29, 0.717) is 6.04 Å². The lowest BCUT2D eigenvalue weighted by molar-refractivity contribution is 0.236. The van der Waals surface area contributed by atoms with Crippen LogP contribution in [-0.4, -0.2) is 20.2 Å². The van der Waals surface area contributed by atoms with Gasteiger partial charge in [-0.3, -0.25) is 5.32 Å². The van der Waals surface area contributed by atoms with Crippen molar-refractivity contribution in [2.24, 2.45) is 0 Å². The molecule has 1 N–H and O–H groups in total. The van der Waals surface area contributed by atoms with Gasteiger partial charge in [0.05, 0.1) is 12.8 Å². The van der Waals surface area contributed by atoms with E-state index >= 15 is 0 Å². The lowest BCUT2D eigenvalue weighted by Crippen LogP contribution is -2.58. The van der Waals surface area contributed by atoms with Gasteiger partial charge in [0.2, 0.25) is 0 Å². The van der Waals surface area contributed by atoms with E-state index in [1.165, 1.54) is 37.7 Å². The van der Waals surface area contributed by atoms with Crippen molar-refractivity contribution < 1.29 is 4.74 Å². The number of benzene rings is 2. The number of hydrogen-bond donors (Lipinski definition) is 1. The first-order chi connectivity index (χ1) is 12.7. The Morgan fingerprint density at radius 1 is 1.00 bits per heavy atom. The summed E-state index contributed by atoms with van der Waals surface area (Å²) in [7, 11) is 3.93. The fourth-order valence-corrected chi connectivity index (χ4v) is 4.33. The predicted octanol–water partition coefficient (Wildman–Crippen LogP) is 5.32. The molecular formula is C23H32N2O. The van der Waals surface area contributed by atoms with E-state index in [0.717, 1.165) is 17.9 Å². The molecule has 2 aromatic carbocycles. The highest BCUT2D eigenvalue weighted by molar-refractivity contribution is 5.60. The molecule has 0 saturated heterocycles. The van der Waals surface area contributed by atoms with Crippen molar-refractivity contribution >= 4 is 5.69 Å². The fraction of sp³-hybridized carbons (Fsp3) is 0.478. The summed E-state index contributed by atoms with van der Waals surface area (Å²) in [6, 6.07) is 19.7. The van der Waals surface area contributed by atoms with Crippen LogP contribution in [0.2, 0.25) is 0 Å². The van der Waals surface area contributed by atoms with Crippen LogP contribution in [0.4, 0.5) is 5.69 Å². The van der Waals surface area contributed by atoms with E-state index in [1.807, 2.05) is 12.1 Å². The maximum absolute atomic E-state index is 5.66. The van der Waals surface area contributed by atoms with Crippen LogP contribution < -0.4 is 15.0 Å². The molecule has 2 aromatic rings. The third kappa shape index (κ3) is 3.73. The molecule has 3 nitrogen and oxygen atoms in total. The van der Waals surface area contributed by atoms with Gasteiger partial charge in [0, 0.05) is 13.1 Å². The fourth-order valence-electron chi connectivity index (χ4n) is 4.33. The molecule has 0 heterocycles. The predicted molar refractivity (Wildman–Crippen MR) is 110 cm³/mol. The molecule has 0 unspecified atom stereocenters. The van der Waals surface area contributed by atoms with Gasteiger partial charge in [0.1, 0.15) is 11.4 Å². The SMILES string of the molecule is CC[C@](NC1CCCCC1)(c1ccccc1)N(C)c1ccccc1OC. The van der Waals surface area contributed by atoms with Gasteiger partial charge in [-0.05, 0) is 37.0 Å². The van der Waals surface area contributed by atoms with Crippen LogP contribution in [-0.2, 0) is 5.66 Å². The Balaban J connectivity index is 2.03. The van der Waals surface area contributed by atoms with Crippen LogP contribution in [0.1, 0.15) is 51.0 Å². The summed E-state index contributed by atoms with van der Waals surface area (Å²) in [5.74, 6) is 0.911. The van der Waals surface area contributed by atoms with Gasteiger partial charge >= 0.3 is 0 Å². The highest BCUT2D eigenvalue weighted by Gasteiger charge is 2.38. The van der Waals surface area contributed by atoms with Gasteiger partial charge in [-0.1, -0.05) is 68.7 Å². The molecule has 0 aliphatic heterocycles. The lowest BCUT2D eigenvalue weighted by atomic mass is 9.89. The Morgan fingerprint density at radius 3 is 2.31 bits per heavy atom. The van der Waals surface area contributed by atoms with Crippen molar-refractivity contribution in [3.63, 3.8) is 0 Å². The van der Waals surface area contributed by atoms with Gasteiger partial charge in [0.15, 0.2) is 0 Å². The molecule has 3 rings (SSSR count). The minimum absolute atomic E-state index is 0.252. The first-order valence-electron chi connectivity index (χ1n) is 9.91. The third-order valence-corrected chi connectivity index (χ3v) is 5.83. The zero-order valence-electron chi connectivity index (χ0n) is 16.4. The second-order valence-electron chi connectivity index (χ2n) is 7.29. The average molecular weight is 353 g/mol. The number of nitrogens with zero attached hydrogens (tertiary/aromatic N) is 1. The van der Waals surface area contributed by atoms with E-state index in [2.05, 4.69) is 66.7 Å². The lowest BCUT2D eigenvalue weighted by Gasteiger charge is -2.47. The second kappa shape index (κ2) is 8.59. The van der Waals surface area contributed by atoms with Crippen molar-refractivity contribution in [3.05, 3.63) is 60.2 Å². The molecule has 1 atom stereocenters. The monoisotopic (exact) mass is 352 g/mol. The minimum atomic E-state index is -0.252. The van der Waals surface area contributed by atoms with Crippen LogP contribution in [0.5, 0.6) is 5.75 Å². The van der Waals surface area contributed by atoms with Crippen LogP contribution in [0.3, 0.4) is 0 Å². The molecule has 1 fully saturated rings.